The number of carbonyl (C=O) groups excluding carboxylic acids is 2. The van der Waals surface area contributed by atoms with Crippen molar-refractivity contribution in [3.05, 3.63) is 35.9 Å². The molecule has 2 rings (SSSR count). The monoisotopic (exact) mass is 232 g/mol. The van der Waals surface area contributed by atoms with Gasteiger partial charge in [-0.15, -0.1) is 0 Å². The Morgan fingerprint density at radius 3 is 2.71 bits per heavy atom. The van der Waals surface area contributed by atoms with E-state index >= 15 is 0 Å². The summed E-state index contributed by atoms with van der Waals surface area (Å²) in [7, 11) is 1.78. The highest BCUT2D eigenvalue weighted by Gasteiger charge is 2.29. The maximum absolute atomic E-state index is 12.0. The predicted molar refractivity (Wildman–Crippen MR) is 64.0 cm³/mol. The van der Waals surface area contributed by atoms with Crippen LogP contribution in [0.2, 0.25) is 0 Å². The van der Waals surface area contributed by atoms with Crippen molar-refractivity contribution in [3.63, 3.8) is 0 Å². The SMILES string of the molecule is CN(Cc1ccccc1)C(=O)C1CNC(=O)C1. The molecule has 1 saturated heterocycles. The number of hydrogen-bond donors (Lipinski definition) is 1. The second kappa shape index (κ2) is 4.99. The van der Waals surface area contributed by atoms with Crippen LogP contribution in [0.15, 0.2) is 30.3 Å². The Kier molecular flexibility index (Phi) is 3.42. The molecule has 0 saturated carbocycles. The van der Waals surface area contributed by atoms with E-state index in [1.807, 2.05) is 30.3 Å². The molecule has 4 nitrogen and oxygen atoms in total. The zero-order valence-corrected chi connectivity index (χ0v) is 9.85. The van der Waals surface area contributed by atoms with Crippen molar-refractivity contribution in [1.82, 2.24) is 10.2 Å². The average Bonchev–Trinajstić information content (AvgIpc) is 2.76. The van der Waals surface area contributed by atoms with E-state index in [0.29, 0.717) is 19.5 Å². The van der Waals surface area contributed by atoms with Gasteiger partial charge >= 0.3 is 0 Å². The number of nitrogens with one attached hydrogen (secondary N) is 1. The van der Waals surface area contributed by atoms with Gasteiger partial charge in [0.2, 0.25) is 11.8 Å². The Balaban J connectivity index is 1.94. The van der Waals surface area contributed by atoms with Crippen molar-refractivity contribution in [3.8, 4) is 0 Å². The van der Waals surface area contributed by atoms with E-state index in [1.165, 1.54) is 0 Å². The molecule has 0 bridgehead atoms. The molecule has 1 aromatic rings. The molecule has 1 unspecified atom stereocenters. The van der Waals surface area contributed by atoms with Gasteiger partial charge in [-0.05, 0) is 5.56 Å². The molecule has 1 atom stereocenters. The summed E-state index contributed by atoms with van der Waals surface area (Å²) in [6.45, 7) is 1.06. The van der Waals surface area contributed by atoms with Gasteiger partial charge in [-0.3, -0.25) is 9.59 Å². The summed E-state index contributed by atoms with van der Waals surface area (Å²) in [5, 5.41) is 2.68. The van der Waals surface area contributed by atoms with Gasteiger partial charge < -0.3 is 10.2 Å². The Labute approximate surface area is 101 Å². The van der Waals surface area contributed by atoms with Crippen molar-refractivity contribution in [2.24, 2.45) is 5.92 Å². The summed E-state index contributed by atoms with van der Waals surface area (Å²) in [5.41, 5.74) is 1.10. The lowest BCUT2D eigenvalue weighted by Crippen LogP contribution is -2.33. The summed E-state index contributed by atoms with van der Waals surface area (Å²) in [6.07, 6.45) is 0.317. The van der Waals surface area contributed by atoms with Gasteiger partial charge in [-0.2, -0.15) is 0 Å². The number of hydrogen-bond acceptors (Lipinski definition) is 2. The second-order valence-corrected chi connectivity index (χ2v) is 4.39. The summed E-state index contributed by atoms with van der Waals surface area (Å²) in [6, 6.07) is 9.83. The quantitative estimate of drug-likeness (QED) is 0.837. The molecular weight excluding hydrogens is 216 g/mol. The van der Waals surface area contributed by atoms with Crippen molar-refractivity contribution >= 4 is 11.8 Å². The van der Waals surface area contributed by atoms with Gasteiger partial charge in [0.1, 0.15) is 0 Å². The van der Waals surface area contributed by atoms with Crippen LogP contribution in [0.5, 0.6) is 0 Å². The molecule has 1 aliphatic heterocycles. The third-order valence-electron chi connectivity index (χ3n) is 2.97. The van der Waals surface area contributed by atoms with E-state index in [0.717, 1.165) is 5.56 Å². The molecule has 1 aliphatic rings. The summed E-state index contributed by atoms with van der Waals surface area (Å²) in [4.78, 5) is 24.8. The molecule has 4 heteroatoms. The smallest absolute Gasteiger partial charge is 0.228 e. The molecule has 17 heavy (non-hydrogen) atoms. The van der Waals surface area contributed by atoms with E-state index in [4.69, 9.17) is 0 Å². The molecule has 1 N–H and O–H groups in total. The van der Waals surface area contributed by atoms with Gasteiger partial charge in [0.15, 0.2) is 0 Å². The Morgan fingerprint density at radius 2 is 2.12 bits per heavy atom. The van der Waals surface area contributed by atoms with E-state index in [1.54, 1.807) is 11.9 Å². The minimum Gasteiger partial charge on any atom is -0.355 e. The predicted octanol–water partition coefficient (Wildman–Crippen LogP) is 0.781. The Morgan fingerprint density at radius 1 is 1.41 bits per heavy atom. The third kappa shape index (κ3) is 2.84. The van der Waals surface area contributed by atoms with Gasteiger partial charge in [-0.25, -0.2) is 0 Å². The van der Waals surface area contributed by atoms with Crippen LogP contribution < -0.4 is 5.32 Å². The summed E-state index contributed by atoms with van der Waals surface area (Å²) in [5.74, 6) is -0.195. The van der Waals surface area contributed by atoms with E-state index in [9.17, 15) is 9.59 Å². The highest BCUT2D eigenvalue weighted by molar-refractivity contribution is 5.89. The standard InChI is InChI=1S/C13H16N2O2/c1-15(9-10-5-3-2-4-6-10)13(17)11-7-12(16)14-8-11/h2-6,11H,7-9H2,1H3,(H,14,16). The van der Waals surface area contributed by atoms with Crippen LogP contribution in [0.25, 0.3) is 0 Å². The van der Waals surface area contributed by atoms with Gasteiger partial charge in [-0.1, -0.05) is 30.3 Å². The number of amides is 2. The minimum absolute atomic E-state index is 0.0311. The van der Waals surface area contributed by atoms with Crippen molar-refractivity contribution < 1.29 is 9.59 Å². The van der Waals surface area contributed by atoms with Crippen LogP contribution in [-0.2, 0) is 16.1 Å². The molecule has 90 valence electrons. The van der Waals surface area contributed by atoms with Crippen molar-refractivity contribution in [2.75, 3.05) is 13.6 Å². The summed E-state index contributed by atoms with van der Waals surface area (Å²) >= 11 is 0. The maximum atomic E-state index is 12.0. The lowest BCUT2D eigenvalue weighted by Gasteiger charge is -2.20. The van der Waals surface area contributed by atoms with Crippen LogP contribution in [0.4, 0.5) is 0 Å². The largest absolute Gasteiger partial charge is 0.355 e. The highest BCUT2D eigenvalue weighted by atomic mass is 16.2. The molecule has 2 amide bonds. The molecule has 0 aliphatic carbocycles. The lowest BCUT2D eigenvalue weighted by molar-refractivity contribution is -0.135. The molecule has 1 heterocycles. The zero-order valence-electron chi connectivity index (χ0n) is 9.85. The first-order valence-corrected chi connectivity index (χ1v) is 5.72. The Hall–Kier alpha value is -1.84. The third-order valence-corrected chi connectivity index (χ3v) is 2.97. The Bertz CT molecular complexity index is 417. The molecule has 1 aromatic carbocycles. The molecule has 1 fully saturated rings. The first-order chi connectivity index (χ1) is 8.16. The first-order valence-electron chi connectivity index (χ1n) is 5.72. The zero-order chi connectivity index (χ0) is 12.3. The van der Waals surface area contributed by atoms with Crippen molar-refractivity contribution in [2.45, 2.75) is 13.0 Å². The summed E-state index contributed by atoms with van der Waals surface area (Å²) < 4.78 is 0. The average molecular weight is 232 g/mol. The van der Waals surface area contributed by atoms with Crippen molar-refractivity contribution in [1.29, 1.82) is 0 Å². The van der Waals surface area contributed by atoms with Crippen LogP contribution in [0, 0.1) is 5.92 Å². The first kappa shape index (κ1) is 11.6. The van der Waals surface area contributed by atoms with E-state index in [2.05, 4.69) is 5.32 Å². The van der Waals surface area contributed by atoms with Crippen LogP contribution in [-0.4, -0.2) is 30.3 Å². The number of benzene rings is 1. The van der Waals surface area contributed by atoms with Crippen LogP contribution in [0.1, 0.15) is 12.0 Å². The molecule has 0 aromatic heterocycles. The fourth-order valence-corrected chi connectivity index (χ4v) is 2.03. The maximum Gasteiger partial charge on any atom is 0.228 e. The van der Waals surface area contributed by atoms with Gasteiger partial charge in [0.05, 0.1) is 5.92 Å². The number of nitrogens with zero attached hydrogens (tertiary/aromatic N) is 1. The molecule has 0 spiro atoms. The van der Waals surface area contributed by atoms with Crippen LogP contribution >= 0.6 is 0 Å². The van der Waals surface area contributed by atoms with Gasteiger partial charge in [0.25, 0.3) is 0 Å². The lowest BCUT2D eigenvalue weighted by atomic mass is 10.1. The normalized spacial score (nSPS) is 18.9. The second-order valence-electron chi connectivity index (χ2n) is 4.39. The minimum atomic E-state index is -0.198. The van der Waals surface area contributed by atoms with E-state index < -0.39 is 0 Å². The van der Waals surface area contributed by atoms with Crippen LogP contribution in [0.3, 0.4) is 0 Å². The molecular formula is C13H16N2O2. The fourth-order valence-electron chi connectivity index (χ4n) is 2.03. The number of rotatable bonds is 3. The van der Waals surface area contributed by atoms with E-state index in [-0.39, 0.29) is 17.7 Å². The number of carbonyl (C=O) groups is 2. The highest BCUT2D eigenvalue weighted by Crippen LogP contribution is 2.13. The topological polar surface area (TPSA) is 49.4 Å². The fraction of sp³-hybridized carbons (Fsp3) is 0.385. The molecule has 0 radical (unpaired) electrons. The van der Waals surface area contributed by atoms with Gasteiger partial charge in [0, 0.05) is 26.6 Å².